The van der Waals surface area contributed by atoms with Crippen LogP contribution in [0.5, 0.6) is 0 Å². The first-order valence-electron chi connectivity index (χ1n) is 9.41. The third kappa shape index (κ3) is 21.1. The Morgan fingerprint density at radius 2 is 0.640 bits per heavy atom. The van der Waals surface area contributed by atoms with Crippen LogP contribution in [-0.4, -0.2) is 45.0 Å². The van der Waals surface area contributed by atoms with Gasteiger partial charge < -0.3 is 5.11 Å². The molecule has 0 aromatic rings. The van der Waals surface area contributed by atoms with Crippen LogP contribution in [0.2, 0.25) is 0 Å². The van der Waals surface area contributed by atoms with Crippen molar-refractivity contribution in [2.75, 3.05) is 0 Å². The number of carbonyl (C=O) groups is 1. The van der Waals surface area contributed by atoms with Gasteiger partial charge in [0, 0.05) is 26.4 Å². The van der Waals surface area contributed by atoms with Gasteiger partial charge in [0.25, 0.3) is 5.97 Å². The minimum atomic E-state index is -0.833. The van der Waals surface area contributed by atoms with Crippen molar-refractivity contribution in [3.63, 3.8) is 0 Å². The van der Waals surface area contributed by atoms with Crippen molar-refractivity contribution in [2.45, 2.75) is 124 Å². The molecule has 0 spiro atoms. The summed E-state index contributed by atoms with van der Waals surface area (Å²) in [6, 6.07) is 0. The molecule has 5 heteroatoms. The van der Waals surface area contributed by atoms with Crippen LogP contribution in [-0.2, 0) is 24.3 Å². The molecule has 0 heterocycles. The zero-order chi connectivity index (χ0) is 20.2. The maximum absolute atomic E-state index is 9.00. The van der Waals surface area contributed by atoms with Crippen LogP contribution in [0.15, 0.2) is 0 Å². The Labute approximate surface area is 175 Å². The summed E-state index contributed by atoms with van der Waals surface area (Å²) in [5, 5.41) is 7.42. The predicted molar refractivity (Wildman–Crippen MR) is 118 cm³/mol. The van der Waals surface area contributed by atoms with Crippen LogP contribution in [0.25, 0.3) is 0 Å². The monoisotopic (exact) mass is 483 g/mol. The first-order chi connectivity index (χ1) is 10.7. The molecule has 0 saturated carbocycles. The van der Waals surface area contributed by atoms with Gasteiger partial charge in [-0.3, -0.25) is 4.79 Å². The molecular formula is C20H46O2P2Rh. The molecule has 0 aromatic heterocycles. The molecule has 0 aliphatic rings. The standard InChI is InChI=1S/2C9H21P.C2H4O2.Rh/c2*1-7(2)10(8(3)4)9(5)6;1-2(3)4;/h2*7-9H,1-6H3;1H3,(H,3,4);. The Kier molecular flexibility index (Phi) is 24.6. The second-order valence-corrected chi connectivity index (χ2v) is 16.0. The fourth-order valence-electron chi connectivity index (χ4n) is 3.58. The van der Waals surface area contributed by atoms with Gasteiger partial charge in [-0.15, -0.1) is 0 Å². The molecule has 0 amide bonds. The van der Waals surface area contributed by atoms with Gasteiger partial charge in [0.2, 0.25) is 0 Å². The Morgan fingerprint density at radius 1 is 0.560 bits per heavy atom. The van der Waals surface area contributed by atoms with Gasteiger partial charge in [-0.05, 0) is 34.0 Å². The smallest absolute Gasteiger partial charge is 0.300 e. The van der Waals surface area contributed by atoms with E-state index in [0.29, 0.717) is 0 Å². The maximum Gasteiger partial charge on any atom is 0.300 e. The summed E-state index contributed by atoms with van der Waals surface area (Å²) in [4.78, 5) is 9.00. The molecule has 0 unspecified atom stereocenters. The Balaban J connectivity index is -0.000000141. The Bertz CT molecular complexity index is 238. The maximum atomic E-state index is 9.00. The molecule has 0 fully saturated rings. The first-order valence-corrected chi connectivity index (χ1v) is 12.5. The van der Waals surface area contributed by atoms with Crippen LogP contribution in [0.1, 0.15) is 90.0 Å². The molecular weight excluding hydrogens is 437 g/mol. The fraction of sp³-hybridized carbons (Fsp3) is 0.950. The molecule has 0 saturated heterocycles. The molecule has 0 bridgehead atoms. The number of carboxylic acids is 1. The number of aliphatic carboxylic acids is 1. The van der Waals surface area contributed by atoms with E-state index in [1.807, 2.05) is 0 Å². The zero-order valence-electron chi connectivity index (χ0n) is 19.0. The summed E-state index contributed by atoms with van der Waals surface area (Å²) in [7, 11) is 0.525. The molecule has 1 radical (unpaired) electrons. The van der Waals surface area contributed by atoms with Crippen LogP contribution in [0, 0.1) is 0 Å². The van der Waals surface area contributed by atoms with Crippen LogP contribution in [0.4, 0.5) is 0 Å². The second kappa shape index (κ2) is 18.3. The molecule has 0 aliphatic carbocycles. The van der Waals surface area contributed by atoms with E-state index in [1.54, 1.807) is 0 Å². The van der Waals surface area contributed by atoms with Gasteiger partial charge in [-0.2, -0.15) is 0 Å². The third-order valence-electron chi connectivity index (χ3n) is 3.58. The van der Waals surface area contributed by atoms with Gasteiger partial charge >= 0.3 is 0 Å². The van der Waals surface area contributed by atoms with Crippen LogP contribution >= 0.6 is 15.8 Å². The summed E-state index contributed by atoms with van der Waals surface area (Å²) in [5.41, 5.74) is 5.39. The van der Waals surface area contributed by atoms with Gasteiger partial charge in [-0.1, -0.05) is 98.9 Å². The number of hydrogen-bond acceptors (Lipinski definition) is 1. The van der Waals surface area contributed by atoms with E-state index in [4.69, 9.17) is 9.90 Å². The van der Waals surface area contributed by atoms with Gasteiger partial charge in [0.05, 0.1) is 0 Å². The van der Waals surface area contributed by atoms with E-state index in [1.165, 1.54) is 0 Å². The van der Waals surface area contributed by atoms with Crippen LogP contribution < -0.4 is 0 Å². The summed E-state index contributed by atoms with van der Waals surface area (Å²) in [5.74, 6) is -0.833. The average Bonchev–Trinajstić information content (AvgIpc) is 2.23. The molecule has 0 aliphatic heterocycles. The van der Waals surface area contributed by atoms with Crippen molar-refractivity contribution < 1.29 is 29.4 Å². The van der Waals surface area contributed by atoms with Crippen molar-refractivity contribution in [1.29, 1.82) is 0 Å². The van der Waals surface area contributed by atoms with Crippen LogP contribution in [0.3, 0.4) is 0 Å². The summed E-state index contributed by atoms with van der Waals surface area (Å²) in [6.45, 7) is 29.3. The normalized spacial score (nSPS) is 11.1. The quantitative estimate of drug-likeness (QED) is 0.314. The first kappa shape index (κ1) is 33.5. The van der Waals surface area contributed by atoms with E-state index < -0.39 is 5.97 Å². The van der Waals surface area contributed by atoms with E-state index in [9.17, 15) is 0 Å². The Morgan fingerprint density at radius 3 is 0.640 bits per heavy atom. The molecule has 157 valence electrons. The summed E-state index contributed by atoms with van der Waals surface area (Å²) < 4.78 is 0. The van der Waals surface area contributed by atoms with Gasteiger partial charge in [-0.25, -0.2) is 0 Å². The predicted octanol–water partition coefficient (Wildman–Crippen LogP) is 7.48. The molecule has 0 rings (SSSR count). The SMILES string of the molecule is CC(=O)O.CC(C)P(C(C)C)C(C)C.CC(C)P(C(C)C)C(C)C.[Rh]. The Hall–Kier alpha value is 0.953. The van der Waals surface area contributed by atoms with Gasteiger partial charge in [0.15, 0.2) is 0 Å². The third-order valence-corrected chi connectivity index (χ3v) is 10.7. The number of hydrogen-bond donors (Lipinski definition) is 1. The summed E-state index contributed by atoms with van der Waals surface area (Å²) >= 11 is 0. The fourth-order valence-corrected chi connectivity index (χ4v) is 10.7. The van der Waals surface area contributed by atoms with Crippen molar-refractivity contribution in [2.24, 2.45) is 0 Å². The van der Waals surface area contributed by atoms with E-state index in [2.05, 4.69) is 83.1 Å². The minimum absolute atomic E-state index is 0. The van der Waals surface area contributed by atoms with Gasteiger partial charge in [0.1, 0.15) is 0 Å². The molecule has 2 nitrogen and oxygen atoms in total. The van der Waals surface area contributed by atoms with Crippen molar-refractivity contribution in [3.05, 3.63) is 0 Å². The molecule has 0 atom stereocenters. The van der Waals surface area contributed by atoms with Crippen molar-refractivity contribution in [3.8, 4) is 0 Å². The number of rotatable bonds is 6. The number of carboxylic acid groups (broad SMARTS) is 1. The molecule has 25 heavy (non-hydrogen) atoms. The summed E-state index contributed by atoms with van der Waals surface area (Å²) in [6.07, 6.45) is 0. The van der Waals surface area contributed by atoms with Crippen molar-refractivity contribution in [1.82, 2.24) is 0 Å². The van der Waals surface area contributed by atoms with E-state index in [-0.39, 0.29) is 35.3 Å². The molecule has 1 N–H and O–H groups in total. The average molecular weight is 483 g/mol. The van der Waals surface area contributed by atoms with E-state index in [0.717, 1.165) is 40.9 Å². The second-order valence-electron chi connectivity index (χ2n) is 7.98. The van der Waals surface area contributed by atoms with E-state index >= 15 is 0 Å². The topological polar surface area (TPSA) is 37.3 Å². The zero-order valence-corrected chi connectivity index (χ0v) is 22.5. The van der Waals surface area contributed by atoms with Crippen molar-refractivity contribution >= 4 is 21.8 Å². The molecule has 0 aromatic carbocycles. The minimum Gasteiger partial charge on any atom is -0.481 e. The largest absolute Gasteiger partial charge is 0.481 e.